The van der Waals surface area contributed by atoms with E-state index in [1.54, 1.807) is 0 Å². The van der Waals surface area contributed by atoms with Gasteiger partial charge < -0.3 is 21.5 Å². The van der Waals surface area contributed by atoms with Crippen LogP contribution in [0.5, 0.6) is 0 Å². The third kappa shape index (κ3) is 3.83. The predicted octanol–water partition coefficient (Wildman–Crippen LogP) is 0.598. The van der Waals surface area contributed by atoms with Gasteiger partial charge >= 0.3 is 6.09 Å². The van der Waals surface area contributed by atoms with Crippen molar-refractivity contribution < 1.29 is 14.3 Å². The van der Waals surface area contributed by atoms with Crippen LogP contribution in [0.1, 0.15) is 33.6 Å². The highest BCUT2D eigenvalue weighted by Gasteiger charge is 2.44. The molecule has 0 aliphatic heterocycles. The summed E-state index contributed by atoms with van der Waals surface area (Å²) in [6.45, 7) is 6.65. The number of rotatable bonds is 4. The van der Waals surface area contributed by atoms with Gasteiger partial charge in [-0.2, -0.15) is 0 Å². The summed E-state index contributed by atoms with van der Waals surface area (Å²) in [5, 5.41) is 2.79. The quantitative estimate of drug-likeness (QED) is 0.650. The minimum absolute atomic E-state index is 0.00294. The second kappa shape index (κ2) is 6.23. The summed E-state index contributed by atoms with van der Waals surface area (Å²) in [7, 11) is 0. The van der Waals surface area contributed by atoms with Crippen LogP contribution in [0.4, 0.5) is 4.79 Å². The van der Waals surface area contributed by atoms with Crippen molar-refractivity contribution >= 4 is 12.0 Å². The second-order valence-corrected chi connectivity index (χ2v) is 5.86. The van der Waals surface area contributed by atoms with Crippen LogP contribution >= 0.6 is 0 Å². The summed E-state index contributed by atoms with van der Waals surface area (Å²) in [6, 6.07) is 0.150. The number of carbonyl (C=O) groups excluding carboxylic acids is 2. The Kier molecular flexibility index (Phi) is 5.17. The molecule has 0 spiro atoms. The van der Waals surface area contributed by atoms with E-state index in [2.05, 4.69) is 30.8 Å². The van der Waals surface area contributed by atoms with Gasteiger partial charge in [-0.15, -0.1) is 0 Å². The predicted molar refractivity (Wildman–Crippen MR) is 72.2 cm³/mol. The highest BCUT2D eigenvalue weighted by molar-refractivity contribution is 5.79. The first-order chi connectivity index (χ1) is 8.76. The number of ether oxygens (including phenoxy) is 1. The van der Waals surface area contributed by atoms with E-state index in [0.29, 0.717) is 5.92 Å². The van der Waals surface area contributed by atoms with Crippen molar-refractivity contribution in [2.45, 2.75) is 39.7 Å². The zero-order chi connectivity index (χ0) is 14.6. The van der Waals surface area contributed by atoms with Crippen molar-refractivity contribution in [3.05, 3.63) is 0 Å². The summed E-state index contributed by atoms with van der Waals surface area (Å²) < 4.78 is 4.57. The number of hydrogen-bond acceptors (Lipinski definition) is 4. The summed E-state index contributed by atoms with van der Waals surface area (Å²) in [5.41, 5.74) is 10.8. The zero-order valence-corrected chi connectivity index (χ0v) is 11.9. The Labute approximate surface area is 114 Å². The third-order valence-electron chi connectivity index (χ3n) is 4.46. The van der Waals surface area contributed by atoms with Gasteiger partial charge in [-0.1, -0.05) is 20.8 Å². The second-order valence-electron chi connectivity index (χ2n) is 5.86. The highest BCUT2D eigenvalue weighted by atomic mass is 16.5. The molecular weight excluding hydrogens is 246 g/mol. The molecule has 0 heterocycles. The van der Waals surface area contributed by atoms with E-state index in [4.69, 9.17) is 11.5 Å². The number of amides is 2. The molecule has 0 radical (unpaired) electrons. The first-order valence-electron chi connectivity index (χ1n) is 6.72. The normalized spacial score (nSPS) is 29.6. The molecule has 1 aliphatic carbocycles. The lowest BCUT2D eigenvalue weighted by atomic mass is 9.61. The maximum Gasteiger partial charge on any atom is 0.404 e. The van der Waals surface area contributed by atoms with Crippen molar-refractivity contribution in [2.75, 3.05) is 13.2 Å². The lowest BCUT2D eigenvalue weighted by molar-refractivity contribution is -0.132. The number of hydrogen-bond donors (Lipinski definition) is 3. The van der Waals surface area contributed by atoms with Crippen LogP contribution in [0.15, 0.2) is 0 Å². The molecule has 0 aromatic heterocycles. The van der Waals surface area contributed by atoms with E-state index in [-0.39, 0.29) is 36.4 Å². The van der Waals surface area contributed by atoms with Crippen molar-refractivity contribution in [2.24, 2.45) is 28.7 Å². The Morgan fingerprint density at radius 1 is 1.37 bits per heavy atom. The summed E-state index contributed by atoms with van der Waals surface area (Å²) in [5.74, 6) is 0.228. The molecule has 110 valence electrons. The number of primary amides is 1. The van der Waals surface area contributed by atoms with Gasteiger partial charge in [-0.3, -0.25) is 4.79 Å². The first kappa shape index (κ1) is 15.8. The van der Waals surface area contributed by atoms with E-state index in [9.17, 15) is 9.59 Å². The Morgan fingerprint density at radius 2 is 2.00 bits per heavy atom. The Hall–Kier alpha value is -1.30. The summed E-state index contributed by atoms with van der Waals surface area (Å²) in [6.07, 6.45) is 0.827. The monoisotopic (exact) mass is 271 g/mol. The van der Waals surface area contributed by atoms with Crippen LogP contribution in [0.3, 0.4) is 0 Å². The molecular formula is C13H25N3O3. The van der Waals surface area contributed by atoms with Crippen LogP contribution in [-0.2, 0) is 9.53 Å². The molecule has 0 bridgehead atoms. The lowest BCUT2D eigenvalue weighted by Gasteiger charge is -2.46. The fraction of sp³-hybridized carbons (Fsp3) is 0.846. The SMILES string of the molecule is CC1C(N)CCC(C(=O)NCCOC(N)=O)C1(C)C. The molecule has 1 rings (SSSR count). The molecule has 2 amide bonds. The average Bonchev–Trinajstić information content (AvgIpc) is 2.31. The van der Waals surface area contributed by atoms with Gasteiger partial charge in [0, 0.05) is 12.0 Å². The van der Waals surface area contributed by atoms with E-state index >= 15 is 0 Å². The largest absolute Gasteiger partial charge is 0.448 e. The summed E-state index contributed by atoms with van der Waals surface area (Å²) in [4.78, 5) is 22.6. The molecule has 0 aromatic carbocycles. The third-order valence-corrected chi connectivity index (χ3v) is 4.46. The van der Waals surface area contributed by atoms with Crippen molar-refractivity contribution in [3.63, 3.8) is 0 Å². The van der Waals surface area contributed by atoms with Gasteiger partial charge in [0.2, 0.25) is 5.91 Å². The van der Waals surface area contributed by atoms with Gasteiger partial charge in [-0.25, -0.2) is 4.79 Å². The van der Waals surface area contributed by atoms with Gasteiger partial charge in [0.25, 0.3) is 0 Å². The lowest BCUT2D eigenvalue weighted by Crippen LogP contribution is -2.51. The van der Waals surface area contributed by atoms with E-state index in [1.165, 1.54) is 0 Å². The number of carbonyl (C=O) groups is 2. The standard InChI is InChI=1S/C13H25N3O3/c1-8-10(14)5-4-9(13(8,2)3)11(17)16-6-7-19-12(15)18/h8-10H,4-7,14H2,1-3H3,(H2,15,18)(H,16,17). The fourth-order valence-corrected chi connectivity index (χ4v) is 2.77. The molecule has 19 heavy (non-hydrogen) atoms. The van der Waals surface area contributed by atoms with Gasteiger partial charge in [0.1, 0.15) is 6.61 Å². The van der Waals surface area contributed by atoms with Crippen molar-refractivity contribution in [1.82, 2.24) is 5.32 Å². The maximum atomic E-state index is 12.2. The minimum Gasteiger partial charge on any atom is -0.448 e. The number of nitrogens with one attached hydrogen (secondary N) is 1. The van der Waals surface area contributed by atoms with Gasteiger partial charge in [0.15, 0.2) is 0 Å². The van der Waals surface area contributed by atoms with Crippen LogP contribution in [0, 0.1) is 17.3 Å². The minimum atomic E-state index is -0.827. The summed E-state index contributed by atoms with van der Waals surface area (Å²) >= 11 is 0. The van der Waals surface area contributed by atoms with Crippen LogP contribution in [-0.4, -0.2) is 31.2 Å². The number of nitrogens with two attached hydrogens (primary N) is 2. The van der Waals surface area contributed by atoms with Crippen LogP contribution in [0.2, 0.25) is 0 Å². The molecule has 0 aromatic rings. The molecule has 1 saturated carbocycles. The molecule has 3 unspecified atom stereocenters. The zero-order valence-electron chi connectivity index (χ0n) is 11.9. The molecule has 1 fully saturated rings. The Morgan fingerprint density at radius 3 is 2.58 bits per heavy atom. The molecule has 6 nitrogen and oxygen atoms in total. The van der Waals surface area contributed by atoms with Crippen molar-refractivity contribution in [3.8, 4) is 0 Å². The topological polar surface area (TPSA) is 107 Å². The van der Waals surface area contributed by atoms with Gasteiger partial charge in [0.05, 0.1) is 6.54 Å². The van der Waals surface area contributed by atoms with Crippen LogP contribution in [0.25, 0.3) is 0 Å². The Balaban J connectivity index is 2.49. The highest BCUT2D eigenvalue weighted by Crippen LogP contribution is 2.44. The molecule has 1 aliphatic rings. The molecule has 6 heteroatoms. The average molecular weight is 271 g/mol. The smallest absolute Gasteiger partial charge is 0.404 e. The maximum absolute atomic E-state index is 12.2. The van der Waals surface area contributed by atoms with E-state index in [1.807, 2.05) is 0 Å². The van der Waals surface area contributed by atoms with E-state index in [0.717, 1.165) is 12.8 Å². The first-order valence-corrected chi connectivity index (χ1v) is 6.72. The Bertz CT molecular complexity index is 344. The molecule has 0 saturated heterocycles. The fourth-order valence-electron chi connectivity index (χ4n) is 2.77. The van der Waals surface area contributed by atoms with E-state index < -0.39 is 6.09 Å². The van der Waals surface area contributed by atoms with Crippen molar-refractivity contribution in [1.29, 1.82) is 0 Å². The molecule has 5 N–H and O–H groups in total. The molecule has 3 atom stereocenters. The van der Waals surface area contributed by atoms with Crippen LogP contribution < -0.4 is 16.8 Å². The van der Waals surface area contributed by atoms with Gasteiger partial charge in [-0.05, 0) is 24.2 Å².